The molecular weight excluding hydrogens is 232 g/mol. The van der Waals surface area contributed by atoms with Crippen LogP contribution in [0.15, 0.2) is 24.5 Å². The van der Waals surface area contributed by atoms with Crippen LogP contribution in [0.2, 0.25) is 0 Å². The van der Waals surface area contributed by atoms with Gasteiger partial charge in [0.15, 0.2) is 0 Å². The Balaban J connectivity index is 2.44. The van der Waals surface area contributed by atoms with E-state index in [1.54, 1.807) is 26.2 Å². The highest BCUT2D eigenvalue weighted by Gasteiger charge is 2.22. The van der Waals surface area contributed by atoms with Gasteiger partial charge in [-0.15, -0.1) is 0 Å². The van der Waals surface area contributed by atoms with Gasteiger partial charge < -0.3 is 10.4 Å². The number of pyridine rings is 1. The molecule has 0 unspecified atom stereocenters. The molecule has 5 heteroatoms. The van der Waals surface area contributed by atoms with Gasteiger partial charge in [0.05, 0.1) is 0 Å². The molecule has 2 N–H and O–H groups in total. The van der Waals surface area contributed by atoms with Gasteiger partial charge in [-0.1, -0.05) is 13.8 Å². The maximum absolute atomic E-state index is 11.6. The Morgan fingerprint density at radius 1 is 1.33 bits per heavy atom. The van der Waals surface area contributed by atoms with Crippen molar-refractivity contribution in [3.8, 4) is 0 Å². The number of nitrogens with zero attached hydrogens (tertiary/aromatic N) is 1. The quantitative estimate of drug-likeness (QED) is 0.796. The van der Waals surface area contributed by atoms with Crippen LogP contribution < -0.4 is 5.32 Å². The molecule has 0 bridgehead atoms. The number of carbonyl (C=O) groups excluding carboxylic acids is 1. The minimum Gasteiger partial charge on any atom is -0.480 e. The van der Waals surface area contributed by atoms with Crippen molar-refractivity contribution in [1.29, 1.82) is 0 Å². The maximum atomic E-state index is 11.6. The topological polar surface area (TPSA) is 79.3 Å². The number of rotatable bonds is 6. The standard InChI is InChI=1S/C13H18N2O3/c1-9(2)12(13(17)18)15-11(16)4-3-10-5-7-14-8-6-10/h5-9,12H,3-4H2,1-2H3,(H,15,16)(H,17,18)/t12-/m1/s1. The Kier molecular flexibility index (Phi) is 5.30. The molecule has 1 aromatic heterocycles. The molecule has 1 heterocycles. The third-order valence-corrected chi connectivity index (χ3v) is 2.64. The second-order valence-electron chi connectivity index (χ2n) is 4.48. The first-order valence-electron chi connectivity index (χ1n) is 5.91. The lowest BCUT2D eigenvalue weighted by Crippen LogP contribution is -2.44. The van der Waals surface area contributed by atoms with Crippen LogP contribution in [0.25, 0.3) is 0 Å². The summed E-state index contributed by atoms with van der Waals surface area (Å²) in [4.78, 5) is 26.5. The van der Waals surface area contributed by atoms with E-state index in [9.17, 15) is 9.59 Å². The minimum atomic E-state index is -0.998. The molecule has 0 aliphatic rings. The molecule has 18 heavy (non-hydrogen) atoms. The highest BCUT2D eigenvalue weighted by molar-refractivity contribution is 5.83. The van der Waals surface area contributed by atoms with Gasteiger partial charge in [0.2, 0.25) is 5.91 Å². The predicted molar refractivity (Wildman–Crippen MR) is 67.0 cm³/mol. The molecule has 0 saturated carbocycles. The van der Waals surface area contributed by atoms with Crippen LogP contribution in [-0.4, -0.2) is 28.0 Å². The van der Waals surface area contributed by atoms with Crippen molar-refractivity contribution in [2.75, 3.05) is 0 Å². The van der Waals surface area contributed by atoms with Crippen molar-refractivity contribution < 1.29 is 14.7 Å². The number of amides is 1. The predicted octanol–water partition coefficient (Wildman–Crippen LogP) is 1.24. The van der Waals surface area contributed by atoms with E-state index in [0.29, 0.717) is 6.42 Å². The summed E-state index contributed by atoms with van der Waals surface area (Å²) < 4.78 is 0. The highest BCUT2D eigenvalue weighted by atomic mass is 16.4. The van der Waals surface area contributed by atoms with Gasteiger partial charge in [-0.25, -0.2) is 4.79 Å². The third kappa shape index (κ3) is 4.53. The highest BCUT2D eigenvalue weighted by Crippen LogP contribution is 2.04. The number of aryl methyl sites for hydroxylation is 1. The van der Waals surface area contributed by atoms with Crippen molar-refractivity contribution in [3.05, 3.63) is 30.1 Å². The molecule has 0 radical (unpaired) electrons. The van der Waals surface area contributed by atoms with Crippen LogP contribution in [0.4, 0.5) is 0 Å². The molecule has 0 aromatic carbocycles. The summed E-state index contributed by atoms with van der Waals surface area (Å²) >= 11 is 0. The normalized spacial score (nSPS) is 12.2. The Morgan fingerprint density at radius 2 is 1.94 bits per heavy atom. The SMILES string of the molecule is CC(C)[C@@H](NC(=O)CCc1ccncc1)C(=O)O. The zero-order valence-electron chi connectivity index (χ0n) is 10.6. The number of carboxylic acids is 1. The Morgan fingerprint density at radius 3 is 2.44 bits per heavy atom. The monoisotopic (exact) mass is 250 g/mol. The van der Waals surface area contributed by atoms with E-state index in [0.717, 1.165) is 5.56 Å². The van der Waals surface area contributed by atoms with Gasteiger partial charge >= 0.3 is 5.97 Å². The maximum Gasteiger partial charge on any atom is 0.326 e. The van der Waals surface area contributed by atoms with Crippen molar-refractivity contribution in [3.63, 3.8) is 0 Å². The van der Waals surface area contributed by atoms with Gasteiger partial charge in [-0.3, -0.25) is 9.78 Å². The van der Waals surface area contributed by atoms with Crippen molar-refractivity contribution in [2.24, 2.45) is 5.92 Å². The van der Waals surface area contributed by atoms with Crippen molar-refractivity contribution in [1.82, 2.24) is 10.3 Å². The number of hydrogen-bond donors (Lipinski definition) is 2. The summed E-state index contributed by atoms with van der Waals surface area (Å²) in [6.45, 7) is 3.53. The van der Waals surface area contributed by atoms with Crippen LogP contribution in [0.3, 0.4) is 0 Å². The van der Waals surface area contributed by atoms with E-state index >= 15 is 0 Å². The molecule has 0 spiro atoms. The molecule has 98 valence electrons. The second kappa shape index (κ2) is 6.74. The molecule has 5 nitrogen and oxygen atoms in total. The number of carbonyl (C=O) groups is 2. The molecule has 0 aliphatic carbocycles. The molecule has 1 atom stereocenters. The lowest BCUT2D eigenvalue weighted by molar-refractivity contribution is -0.143. The number of aromatic nitrogens is 1. The van der Waals surface area contributed by atoms with E-state index in [1.807, 2.05) is 12.1 Å². The molecule has 0 fully saturated rings. The van der Waals surface area contributed by atoms with Gasteiger partial charge in [0.1, 0.15) is 6.04 Å². The van der Waals surface area contributed by atoms with Crippen LogP contribution in [0, 0.1) is 5.92 Å². The summed E-state index contributed by atoms with van der Waals surface area (Å²) in [6.07, 6.45) is 4.20. The average Bonchev–Trinajstić information content (AvgIpc) is 2.34. The summed E-state index contributed by atoms with van der Waals surface area (Å²) in [5.74, 6) is -1.37. The van der Waals surface area contributed by atoms with E-state index in [1.165, 1.54) is 0 Å². The smallest absolute Gasteiger partial charge is 0.326 e. The average molecular weight is 250 g/mol. The zero-order chi connectivity index (χ0) is 13.5. The Hall–Kier alpha value is -1.91. The van der Waals surface area contributed by atoms with E-state index in [2.05, 4.69) is 10.3 Å². The molecule has 1 aromatic rings. The van der Waals surface area contributed by atoms with Gasteiger partial charge in [-0.2, -0.15) is 0 Å². The summed E-state index contributed by atoms with van der Waals surface area (Å²) in [5.41, 5.74) is 1.01. The number of hydrogen-bond acceptors (Lipinski definition) is 3. The minimum absolute atomic E-state index is 0.132. The molecule has 1 rings (SSSR count). The fourth-order valence-electron chi connectivity index (χ4n) is 1.57. The summed E-state index contributed by atoms with van der Waals surface area (Å²) in [7, 11) is 0. The third-order valence-electron chi connectivity index (χ3n) is 2.64. The molecule has 1 amide bonds. The van der Waals surface area contributed by atoms with Gasteiger partial charge in [-0.05, 0) is 30.0 Å². The van der Waals surface area contributed by atoms with Gasteiger partial charge in [0.25, 0.3) is 0 Å². The Bertz CT molecular complexity index is 404. The lowest BCUT2D eigenvalue weighted by Gasteiger charge is -2.17. The first kappa shape index (κ1) is 14.2. The number of carboxylic acid groups (broad SMARTS) is 1. The van der Waals surface area contributed by atoms with Crippen LogP contribution in [0.5, 0.6) is 0 Å². The van der Waals surface area contributed by atoms with Crippen LogP contribution in [-0.2, 0) is 16.0 Å². The first-order valence-corrected chi connectivity index (χ1v) is 5.91. The largest absolute Gasteiger partial charge is 0.480 e. The van der Waals surface area contributed by atoms with E-state index in [4.69, 9.17) is 5.11 Å². The van der Waals surface area contributed by atoms with Crippen molar-refractivity contribution in [2.45, 2.75) is 32.7 Å². The van der Waals surface area contributed by atoms with Crippen LogP contribution in [0.1, 0.15) is 25.8 Å². The van der Waals surface area contributed by atoms with Gasteiger partial charge in [0, 0.05) is 18.8 Å². The van der Waals surface area contributed by atoms with E-state index < -0.39 is 12.0 Å². The fourth-order valence-corrected chi connectivity index (χ4v) is 1.57. The molecule has 0 saturated heterocycles. The lowest BCUT2D eigenvalue weighted by atomic mass is 10.0. The van der Waals surface area contributed by atoms with E-state index in [-0.39, 0.29) is 18.2 Å². The second-order valence-corrected chi connectivity index (χ2v) is 4.48. The van der Waals surface area contributed by atoms with Crippen molar-refractivity contribution >= 4 is 11.9 Å². The molecular formula is C13H18N2O3. The summed E-state index contributed by atoms with van der Waals surface area (Å²) in [5, 5.41) is 11.5. The number of nitrogens with one attached hydrogen (secondary N) is 1. The zero-order valence-corrected chi connectivity index (χ0v) is 10.6. The van der Waals surface area contributed by atoms with Crippen LogP contribution >= 0.6 is 0 Å². The number of aliphatic carboxylic acids is 1. The first-order chi connectivity index (χ1) is 8.50. The fraction of sp³-hybridized carbons (Fsp3) is 0.462. The summed E-state index contributed by atoms with van der Waals surface area (Å²) in [6, 6.07) is 2.85. The molecule has 0 aliphatic heterocycles. The Labute approximate surface area is 106 Å².